The molecule has 31 heavy (non-hydrogen) atoms. The minimum atomic E-state index is -0.333. The molecule has 2 heterocycles. The molecule has 4 aliphatic rings. The molecule has 2 aliphatic heterocycles. The SMILES string of the molecule is CC1(C)CC(=O)C2=C(C1)OC1=C(C(=O)CC(C)(C)C1)C2c1ccc2c(c1)CC(C)(C)O2. The number of hydrogen-bond donors (Lipinski definition) is 0. The molecule has 0 unspecified atom stereocenters. The Labute approximate surface area is 184 Å². The predicted molar refractivity (Wildman–Crippen MR) is 119 cm³/mol. The van der Waals surface area contributed by atoms with Gasteiger partial charge in [0.15, 0.2) is 11.6 Å². The molecular weight excluding hydrogens is 388 g/mol. The van der Waals surface area contributed by atoms with Gasteiger partial charge in [0, 0.05) is 49.2 Å². The fraction of sp³-hybridized carbons (Fsp3) is 0.556. The van der Waals surface area contributed by atoms with Crippen molar-refractivity contribution in [2.45, 2.75) is 85.2 Å². The van der Waals surface area contributed by atoms with Crippen LogP contribution in [-0.4, -0.2) is 17.2 Å². The average Bonchev–Trinajstić information content (AvgIpc) is 2.90. The number of benzene rings is 1. The second-order valence-corrected chi connectivity index (χ2v) is 12.0. The van der Waals surface area contributed by atoms with Gasteiger partial charge in [0.2, 0.25) is 0 Å². The van der Waals surface area contributed by atoms with Crippen LogP contribution in [0.3, 0.4) is 0 Å². The van der Waals surface area contributed by atoms with E-state index in [4.69, 9.17) is 9.47 Å². The summed E-state index contributed by atoms with van der Waals surface area (Å²) in [4.78, 5) is 26.8. The van der Waals surface area contributed by atoms with Gasteiger partial charge in [-0.25, -0.2) is 0 Å². The van der Waals surface area contributed by atoms with Crippen molar-refractivity contribution in [3.63, 3.8) is 0 Å². The molecule has 0 saturated heterocycles. The molecule has 0 aromatic heterocycles. The highest BCUT2D eigenvalue weighted by Gasteiger charge is 2.48. The number of allylic oxidation sites excluding steroid dienone is 4. The van der Waals surface area contributed by atoms with Gasteiger partial charge in [0.1, 0.15) is 22.9 Å². The highest BCUT2D eigenvalue weighted by molar-refractivity contribution is 6.06. The molecule has 2 aliphatic carbocycles. The van der Waals surface area contributed by atoms with Crippen LogP contribution in [-0.2, 0) is 20.7 Å². The van der Waals surface area contributed by atoms with Crippen molar-refractivity contribution in [2.75, 3.05) is 0 Å². The zero-order valence-electron chi connectivity index (χ0n) is 19.5. The Morgan fingerprint density at radius 1 is 0.774 bits per heavy atom. The first-order chi connectivity index (χ1) is 14.3. The maximum Gasteiger partial charge on any atom is 0.163 e. The molecule has 164 valence electrons. The second-order valence-electron chi connectivity index (χ2n) is 12.0. The van der Waals surface area contributed by atoms with Crippen molar-refractivity contribution in [1.82, 2.24) is 0 Å². The van der Waals surface area contributed by atoms with Crippen molar-refractivity contribution in [3.05, 3.63) is 52.0 Å². The van der Waals surface area contributed by atoms with Gasteiger partial charge in [-0.3, -0.25) is 9.59 Å². The highest BCUT2D eigenvalue weighted by Crippen LogP contribution is 2.53. The maximum atomic E-state index is 13.4. The summed E-state index contributed by atoms with van der Waals surface area (Å²) in [5.74, 6) is 2.33. The first kappa shape index (κ1) is 20.5. The minimum Gasteiger partial charge on any atom is -0.487 e. The number of ketones is 2. The molecule has 0 fully saturated rings. The molecule has 4 heteroatoms. The molecule has 1 aromatic rings. The van der Waals surface area contributed by atoms with Crippen molar-refractivity contribution in [3.8, 4) is 5.75 Å². The van der Waals surface area contributed by atoms with Crippen LogP contribution in [0.25, 0.3) is 0 Å². The normalized spacial score (nSPS) is 26.1. The molecule has 0 N–H and O–H groups in total. The van der Waals surface area contributed by atoms with Gasteiger partial charge in [-0.2, -0.15) is 0 Å². The Morgan fingerprint density at radius 3 is 1.87 bits per heavy atom. The van der Waals surface area contributed by atoms with E-state index in [1.165, 1.54) is 0 Å². The van der Waals surface area contributed by atoms with Crippen LogP contribution < -0.4 is 4.74 Å². The number of ether oxygens (including phenoxy) is 2. The van der Waals surface area contributed by atoms with E-state index in [1.54, 1.807) is 0 Å². The van der Waals surface area contributed by atoms with Gasteiger partial charge in [0.05, 0.1) is 0 Å². The van der Waals surface area contributed by atoms with Crippen LogP contribution in [0.4, 0.5) is 0 Å². The summed E-state index contributed by atoms with van der Waals surface area (Å²) in [6.07, 6.45) is 3.22. The zero-order chi connectivity index (χ0) is 22.3. The quantitative estimate of drug-likeness (QED) is 0.576. The first-order valence-electron chi connectivity index (χ1n) is 11.4. The summed E-state index contributed by atoms with van der Waals surface area (Å²) in [6.45, 7) is 12.6. The number of carbonyl (C=O) groups is 2. The van der Waals surface area contributed by atoms with E-state index in [0.717, 1.165) is 47.7 Å². The van der Waals surface area contributed by atoms with E-state index >= 15 is 0 Å². The molecule has 0 saturated carbocycles. The van der Waals surface area contributed by atoms with Crippen LogP contribution in [0.2, 0.25) is 0 Å². The van der Waals surface area contributed by atoms with Crippen LogP contribution in [0.5, 0.6) is 5.75 Å². The summed E-state index contributed by atoms with van der Waals surface area (Å²) >= 11 is 0. The molecular formula is C27H32O4. The summed E-state index contributed by atoms with van der Waals surface area (Å²) in [6, 6.07) is 6.19. The van der Waals surface area contributed by atoms with Crippen molar-refractivity contribution in [2.24, 2.45) is 10.8 Å². The molecule has 1 aromatic carbocycles. The molecule has 0 atom stereocenters. The number of carbonyl (C=O) groups excluding carboxylic acids is 2. The highest BCUT2D eigenvalue weighted by atomic mass is 16.5. The molecule has 0 radical (unpaired) electrons. The number of rotatable bonds is 1. The Hall–Kier alpha value is -2.36. The number of fused-ring (bicyclic) bond motifs is 1. The van der Waals surface area contributed by atoms with Gasteiger partial charge in [-0.05, 0) is 41.9 Å². The van der Waals surface area contributed by atoms with Gasteiger partial charge >= 0.3 is 0 Å². The first-order valence-corrected chi connectivity index (χ1v) is 11.4. The van der Waals surface area contributed by atoms with Crippen LogP contribution in [0, 0.1) is 10.8 Å². The van der Waals surface area contributed by atoms with E-state index in [0.29, 0.717) is 24.0 Å². The zero-order valence-corrected chi connectivity index (χ0v) is 19.5. The lowest BCUT2D eigenvalue weighted by Crippen LogP contribution is -2.37. The average molecular weight is 421 g/mol. The summed E-state index contributed by atoms with van der Waals surface area (Å²) in [7, 11) is 0. The maximum absolute atomic E-state index is 13.4. The van der Waals surface area contributed by atoms with Crippen molar-refractivity contribution in [1.29, 1.82) is 0 Å². The Morgan fingerprint density at radius 2 is 1.32 bits per heavy atom. The van der Waals surface area contributed by atoms with Crippen molar-refractivity contribution < 1.29 is 19.1 Å². The van der Waals surface area contributed by atoms with E-state index in [2.05, 4.69) is 47.6 Å². The lowest BCUT2D eigenvalue weighted by atomic mass is 9.65. The summed E-state index contributed by atoms with van der Waals surface area (Å²) in [5, 5.41) is 0. The largest absolute Gasteiger partial charge is 0.487 e. The third-order valence-electron chi connectivity index (χ3n) is 7.00. The van der Waals surface area contributed by atoms with Gasteiger partial charge in [-0.15, -0.1) is 0 Å². The number of Topliss-reactive ketones (excluding diaryl/α,β-unsaturated/α-hetero) is 2. The van der Waals surface area contributed by atoms with Crippen molar-refractivity contribution >= 4 is 11.6 Å². The van der Waals surface area contributed by atoms with E-state index < -0.39 is 0 Å². The molecule has 0 bridgehead atoms. The Kier molecular flexibility index (Phi) is 4.20. The third-order valence-corrected chi connectivity index (χ3v) is 7.00. The summed E-state index contributed by atoms with van der Waals surface area (Å²) in [5.41, 5.74) is 3.04. The Bertz CT molecular complexity index is 1030. The van der Waals surface area contributed by atoms with E-state index in [-0.39, 0.29) is 33.9 Å². The lowest BCUT2D eigenvalue weighted by Gasteiger charge is -2.42. The van der Waals surface area contributed by atoms with Gasteiger partial charge < -0.3 is 9.47 Å². The molecule has 0 spiro atoms. The van der Waals surface area contributed by atoms with E-state index in [9.17, 15) is 9.59 Å². The van der Waals surface area contributed by atoms with Gasteiger partial charge in [0.25, 0.3) is 0 Å². The fourth-order valence-electron chi connectivity index (χ4n) is 5.82. The second kappa shape index (κ2) is 6.34. The fourth-order valence-corrected chi connectivity index (χ4v) is 5.82. The molecule has 4 nitrogen and oxygen atoms in total. The van der Waals surface area contributed by atoms with E-state index in [1.807, 2.05) is 12.1 Å². The third kappa shape index (κ3) is 3.44. The van der Waals surface area contributed by atoms with Crippen LogP contribution in [0.15, 0.2) is 40.9 Å². The molecule has 5 rings (SSSR count). The van der Waals surface area contributed by atoms with Crippen LogP contribution >= 0.6 is 0 Å². The van der Waals surface area contributed by atoms with Gasteiger partial charge in [-0.1, -0.05) is 39.8 Å². The van der Waals surface area contributed by atoms with Crippen LogP contribution in [0.1, 0.15) is 84.3 Å². The lowest BCUT2D eigenvalue weighted by molar-refractivity contribution is -0.120. The minimum absolute atomic E-state index is 0.109. The number of hydrogen-bond acceptors (Lipinski definition) is 4. The standard InChI is InChI=1S/C27H32O4/c1-25(2)11-17(28)23-20(13-25)30-21-14-26(3,4)12-18(29)24(21)22(23)15-7-8-19-16(9-15)10-27(5,6)31-19/h7-9,22H,10-14H2,1-6H3. The summed E-state index contributed by atoms with van der Waals surface area (Å²) < 4.78 is 12.4. The topological polar surface area (TPSA) is 52.6 Å². The predicted octanol–water partition coefficient (Wildman–Crippen LogP) is 5.80. The smallest absolute Gasteiger partial charge is 0.163 e. The Balaban J connectivity index is 1.67. The molecule has 0 amide bonds. The monoisotopic (exact) mass is 420 g/mol.